The second kappa shape index (κ2) is 10.5. The highest BCUT2D eigenvalue weighted by Crippen LogP contribution is 2.28. The molecule has 1 aliphatic carbocycles. The van der Waals surface area contributed by atoms with Crippen LogP contribution in [0.3, 0.4) is 0 Å². The summed E-state index contributed by atoms with van der Waals surface area (Å²) in [6.45, 7) is 0.738. The molecule has 1 saturated carbocycles. The molecule has 2 aromatic carbocycles. The highest BCUT2D eigenvalue weighted by molar-refractivity contribution is 6.42. The third-order valence-electron chi connectivity index (χ3n) is 5.68. The monoisotopic (exact) mass is 459 g/mol. The lowest BCUT2D eigenvalue weighted by molar-refractivity contribution is 0.352. The molecule has 31 heavy (non-hydrogen) atoms. The minimum absolute atomic E-state index is 0. The van der Waals surface area contributed by atoms with Gasteiger partial charge < -0.3 is 15.5 Å². The van der Waals surface area contributed by atoms with Crippen molar-refractivity contribution < 1.29 is 0 Å². The van der Waals surface area contributed by atoms with E-state index in [4.69, 9.17) is 33.2 Å². The van der Waals surface area contributed by atoms with E-state index in [0.717, 1.165) is 54.5 Å². The van der Waals surface area contributed by atoms with Crippen molar-refractivity contribution in [3.63, 3.8) is 0 Å². The summed E-state index contributed by atoms with van der Waals surface area (Å²) in [4.78, 5) is 11.5. The molecule has 0 aliphatic heterocycles. The third kappa shape index (κ3) is 5.59. The molecule has 166 valence electrons. The average Bonchev–Trinajstić information content (AvgIpc) is 2.75. The summed E-state index contributed by atoms with van der Waals surface area (Å²) < 4.78 is 0. The van der Waals surface area contributed by atoms with Crippen molar-refractivity contribution in [1.82, 2.24) is 15.3 Å². The van der Waals surface area contributed by atoms with E-state index in [1.807, 2.05) is 55.4 Å². The lowest BCUT2D eigenvalue weighted by Gasteiger charge is -2.30. The van der Waals surface area contributed by atoms with E-state index in [0.29, 0.717) is 28.1 Å². The van der Waals surface area contributed by atoms with Crippen LogP contribution in [0.25, 0.3) is 10.9 Å². The third-order valence-corrected chi connectivity index (χ3v) is 6.54. The summed E-state index contributed by atoms with van der Waals surface area (Å²) in [6.07, 6.45) is 4.36. The molecule has 4 rings (SSSR count). The molecule has 3 aromatic rings. The lowest BCUT2D eigenvalue weighted by Crippen LogP contribution is -2.37. The first-order valence-electron chi connectivity index (χ1n) is 10.4. The number of nitrogens with zero attached hydrogens (tertiary/aromatic N) is 3. The van der Waals surface area contributed by atoms with Crippen LogP contribution in [-0.2, 0) is 6.54 Å². The smallest absolute Gasteiger partial charge is 0.225 e. The fourth-order valence-electron chi connectivity index (χ4n) is 4.03. The maximum atomic E-state index is 6.30. The number of halogens is 2. The van der Waals surface area contributed by atoms with Gasteiger partial charge in [-0.3, -0.25) is 0 Å². The Bertz CT molecular complexity index is 1020. The Balaban J connectivity index is 0.00000272. The Morgan fingerprint density at radius 3 is 2.39 bits per heavy atom. The number of benzene rings is 2. The highest BCUT2D eigenvalue weighted by atomic mass is 35.5. The van der Waals surface area contributed by atoms with E-state index in [-0.39, 0.29) is 7.43 Å². The average molecular weight is 460 g/mol. The second-order valence-corrected chi connectivity index (χ2v) is 8.85. The molecular weight excluding hydrogens is 429 g/mol. The summed E-state index contributed by atoms with van der Waals surface area (Å²) >= 11 is 12.4. The second-order valence-electron chi connectivity index (χ2n) is 8.07. The predicted molar refractivity (Wildman–Crippen MR) is 134 cm³/mol. The summed E-state index contributed by atoms with van der Waals surface area (Å²) in [5.41, 5.74) is 2.01. The Morgan fingerprint density at radius 1 is 0.935 bits per heavy atom. The number of para-hydroxylation sites is 1. The summed E-state index contributed by atoms with van der Waals surface area (Å²) in [5.74, 6) is 1.65. The zero-order chi connectivity index (χ0) is 21.1. The van der Waals surface area contributed by atoms with Crippen LogP contribution in [0.2, 0.25) is 10.0 Å². The number of fused-ring (bicyclic) bond motifs is 1. The van der Waals surface area contributed by atoms with Crippen LogP contribution < -0.4 is 15.5 Å². The highest BCUT2D eigenvalue weighted by Gasteiger charge is 2.22. The molecule has 0 saturated heterocycles. The van der Waals surface area contributed by atoms with Gasteiger partial charge in [-0.25, -0.2) is 4.98 Å². The molecule has 0 amide bonds. The topological polar surface area (TPSA) is 53.1 Å². The van der Waals surface area contributed by atoms with Crippen molar-refractivity contribution in [2.45, 2.75) is 51.7 Å². The molecule has 1 aromatic heterocycles. The molecule has 7 heteroatoms. The summed E-state index contributed by atoms with van der Waals surface area (Å²) in [5, 5.41) is 9.52. The van der Waals surface area contributed by atoms with Crippen LogP contribution in [0, 0.1) is 0 Å². The Labute approximate surface area is 195 Å². The first-order valence-corrected chi connectivity index (χ1v) is 11.1. The summed E-state index contributed by atoms with van der Waals surface area (Å²) in [6, 6.07) is 14.8. The van der Waals surface area contributed by atoms with Crippen LogP contribution in [0.15, 0.2) is 42.5 Å². The minimum Gasteiger partial charge on any atom is -0.362 e. The molecule has 2 N–H and O–H groups in total. The van der Waals surface area contributed by atoms with Gasteiger partial charge in [0.2, 0.25) is 5.95 Å². The number of hydrogen-bond donors (Lipinski definition) is 2. The van der Waals surface area contributed by atoms with E-state index < -0.39 is 0 Å². The quantitative estimate of drug-likeness (QED) is 0.462. The van der Waals surface area contributed by atoms with Gasteiger partial charge >= 0.3 is 0 Å². The molecule has 5 nitrogen and oxygen atoms in total. The number of aromatic nitrogens is 2. The van der Waals surface area contributed by atoms with Gasteiger partial charge in [0.1, 0.15) is 5.82 Å². The maximum absolute atomic E-state index is 6.30. The van der Waals surface area contributed by atoms with E-state index in [2.05, 4.69) is 16.7 Å². The Hall–Kier alpha value is -2.08. The van der Waals surface area contributed by atoms with Gasteiger partial charge in [-0.2, -0.15) is 4.98 Å². The van der Waals surface area contributed by atoms with Gasteiger partial charge in [0.05, 0.1) is 15.6 Å². The molecule has 1 fully saturated rings. The van der Waals surface area contributed by atoms with Crippen molar-refractivity contribution in [1.29, 1.82) is 0 Å². The fraction of sp³-hybridized carbons (Fsp3) is 0.417. The van der Waals surface area contributed by atoms with Crippen LogP contribution in [0.4, 0.5) is 11.8 Å². The standard InChI is InChI=1S/C23H27Cl2N5.CH4/c1-30(2)22-18-7-3-4-9-20(18)28-23(29-22)27-17-12-10-16(11-13-17)26-14-15-6-5-8-19(24)21(15)25;/h3-9,16-17,26H,10-14H2,1-2H3,(H,27,28,29);1H4. The van der Waals surface area contributed by atoms with Crippen molar-refractivity contribution in [3.05, 3.63) is 58.1 Å². The van der Waals surface area contributed by atoms with Crippen molar-refractivity contribution >= 4 is 45.9 Å². The molecule has 0 bridgehead atoms. The van der Waals surface area contributed by atoms with E-state index in [1.54, 1.807) is 0 Å². The molecule has 0 atom stereocenters. The predicted octanol–water partition coefficient (Wildman–Crippen LogP) is 6.15. The Kier molecular flexibility index (Phi) is 7.98. The van der Waals surface area contributed by atoms with Crippen molar-refractivity contribution in [3.8, 4) is 0 Å². The molecular formula is C24H31Cl2N5. The van der Waals surface area contributed by atoms with Gasteiger partial charge in [0, 0.05) is 38.1 Å². The number of anilines is 2. The van der Waals surface area contributed by atoms with Crippen LogP contribution >= 0.6 is 23.2 Å². The fourth-order valence-corrected chi connectivity index (χ4v) is 4.42. The molecule has 0 unspecified atom stereocenters. The largest absolute Gasteiger partial charge is 0.362 e. The SMILES string of the molecule is C.CN(C)c1nc(NC2CCC(NCc3cccc(Cl)c3Cl)CC2)nc2ccccc12. The van der Waals surface area contributed by atoms with E-state index >= 15 is 0 Å². The van der Waals surface area contributed by atoms with Gasteiger partial charge in [0.15, 0.2) is 0 Å². The molecule has 0 radical (unpaired) electrons. The number of rotatable bonds is 6. The molecule has 1 aliphatic rings. The Morgan fingerprint density at radius 2 is 1.65 bits per heavy atom. The van der Waals surface area contributed by atoms with Crippen LogP contribution in [0.5, 0.6) is 0 Å². The maximum Gasteiger partial charge on any atom is 0.225 e. The lowest BCUT2D eigenvalue weighted by atomic mass is 9.91. The van der Waals surface area contributed by atoms with Gasteiger partial charge in [0.25, 0.3) is 0 Å². The molecule has 1 heterocycles. The van der Waals surface area contributed by atoms with Crippen molar-refractivity contribution in [2.24, 2.45) is 0 Å². The first-order chi connectivity index (χ1) is 14.5. The van der Waals surface area contributed by atoms with Gasteiger partial charge in [-0.15, -0.1) is 0 Å². The minimum atomic E-state index is 0. The van der Waals surface area contributed by atoms with E-state index in [1.165, 1.54) is 0 Å². The first kappa shape index (κ1) is 23.6. The normalized spacial score (nSPS) is 18.5. The van der Waals surface area contributed by atoms with E-state index in [9.17, 15) is 0 Å². The van der Waals surface area contributed by atoms with Gasteiger partial charge in [-0.05, 0) is 49.4 Å². The number of hydrogen-bond acceptors (Lipinski definition) is 5. The van der Waals surface area contributed by atoms with Crippen molar-refractivity contribution in [2.75, 3.05) is 24.3 Å². The summed E-state index contributed by atoms with van der Waals surface area (Å²) in [7, 11) is 4.03. The van der Waals surface area contributed by atoms with Crippen LogP contribution in [-0.4, -0.2) is 36.1 Å². The molecule has 0 spiro atoms. The zero-order valence-electron chi connectivity index (χ0n) is 17.3. The van der Waals surface area contributed by atoms with Crippen LogP contribution in [0.1, 0.15) is 38.7 Å². The number of nitrogens with one attached hydrogen (secondary N) is 2. The van der Waals surface area contributed by atoms with Gasteiger partial charge in [-0.1, -0.05) is 54.9 Å². The zero-order valence-corrected chi connectivity index (χ0v) is 18.8.